The molecule has 0 aliphatic rings. The van der Waals surface area contributed by atoms with E-state index < -0.39 is 29.4 Å². The van der Waals surface area contributed by atoms with Crippen LogP contribution in [0.5, 0.6) is 0 Å². The summed E-state index contributed by atoms with van der Waals surface area (Å²) in [5, 5.41) is 0. The summed E-state index contributed by atoms with van der Waals surface area (Å²) in [5.74, 6) is 1.46. The SMILES string of the molecule is [2H]C([2H])(C#C)C([2H])([2H])C([2H])([2H])OS(=O)(=O)c1ccc(C)cc1. The van der Waals surface area contributed by atoms with Crippen LogP contribution in [0, 0.1) is 19.3 Å². The predicted molar refractivity (Wildman–Crippen MR) is 62.4 cm³/mol. The first kappa shape index (κ1) is 6.43. The van der Waals surface area contributed by atoms with Crippen LogP contribution in [0.15, 0.2) is 29.2 Å². The lowest BCUT2D eigenvalue weighted by atomic mass is 10.2. The van der Waals surface area contributed by atoms with E-state index in [1.54, 1.807) is 6.92 Å². The van der Waals surface area contributed by atoms with Gasteiger partial charge in [-0.15, -0.1) is 12.3 Å². The fourth-order valence-electron chi connectivity index (χ4n) is 0.890. The Bertz CT molecular complexity index is 689. The van der Waals surface area contributed by atoms with Gasteiger partial charge in [0.25, 0.3) is 10.1 Å². The van der Waals surface area contributed by atoms with Crippen LogP contribution in [-0.4, -0.2) is 15.0 Å². The monoisotopic (exact) mass is 244 g/mol. The summed E-state index contributed by atoms with van der Waals surface area (Å²) in [7, 11) is -4.64. The largest absolute Gasteiger partial charge is 0.296 e. The van der Waals surface area contributed by atoms with Gasteiger partial charge in [-0.2, -0.15) is 8.42 Å². The molecule has 0 unspecified atom stereocenters. The van der Waals surface area contributed by atoms with Crippen molar-refractivity contribution < 1.29 is 20.8 Å². The molecule has 0 aliphatic carbocycles. The fraction of sp³-hybridized carbons (Fsp3) is 0.333. The van der Waals surface area contributed by atoms with E-state index in [-0.39, 0.29) is 4.90 Å². The molecule has 0 aromatic heterocycles. The van der Waals surface area contributed by atoms with Gasteiger partial charge in [0.1, 0.15) is 0 Å². The van der Waals surface area contributed by atoms with Crippen LogP contribution >= 0.6 is 0 Å². The Morgan fingerprint density at radius 3 is 2.62 bits per heavy atom. The van der Waals surface area contributed by atoms with E-state index in [0.717, 1.165) is 5.56 Å². The first-order valence-corrected chi connectivity index (χ1v) is 5.68. The van der Waals surface area contributed by atoms with Crippen LogP contribution in [0.25, 0.3) is 0 Å². The second-order valence-electron chi connectivity index (χ2n) is 2.85. The minimum atomic E-state index is -4.64. The molecular formula is C12H14O3S. The number of benzene rings is 1. The molecule has 0 fully saturated rings. The Labute approximate surface area is 105 Å². The average molecular weight is 244 g/mol. The molecule has 86 valence electrons. The van der Waals surface area contributed by atoms with Crippen molar-refractivity contribution in [3.8, 4) is 12.3 Å². The summed E-state index contributed by atoms with van der Waals surface area (Å²) in [6.45, 7) is -1.79. The summed E-state index contributed by atoms with van der Waals surface area (Å²) in [6, 6.07) is 5.26. The third-order valence-corrected chi connectivity index (χ3v) is 2.80. The van der Waals surface area contributed by atoms with E-state index in [1.807, 2.05) is 0 Å². The first-order valence-electron chi connectivity index (χ1n) is 7.27. The Balaban J connectivity index is 3.21. The molecule has 0 radical (unpaired) electrons. The highest BCUT2D eigenvalue weighted by molar-refractivity contribution is 7.86. The Kier molecular flexibility index (Phi) is 2.29. The molecule has 1 rings (SSSR count). The highest BCUT2D eigenvalue weighted by Crippen LogP contribution is 2.13. The van der Waals surface area contributed by atoms with E-state index in [9.17, 15) is 8.42 Å². The number of hydrogen-bond acceptors (Lipinski definition) is 3. The number of hydrogen-bond donors (Lipinski definition) is 0. The Morgan fingerprint density at radius 2 is 2.06 bits per heavy atom. The predicted octanol–water partition coefficient (Wildman–Crippen LogP) is 2.11. The molecule has 1 aromatic rings. The third kappa shape index (κ3) is 3.69. The van der Waals surface area contributed by atoms with Crippen molar-refractivity contribution in [2.75, 3.05) is 6.56 Å². The maximum Gasteiger partial charge on any atom is 0.296 e. The van der Waals surface area contributed by atoms with Crippen LogP contribution in [0.1, 0.15) is 26.5 Å². The van der Waals surface area contributed by atoms with Gasteiger partial charge in [-0.1, -0.05) is 17.7 Å². The molecule has 0 saturated carbocycles. The summed E-state index contributed by atoms with van der Waals surface area (Å²) in [6.07, 6.45) is -1.62. The Morgan fingerprint density at radius 1 is 1.44 bits per heavy atom. The smallest absolute Gasteiger partial charge is 0.266 e. The molecule has 3 nitrogen and oxygen atoms in total. The average Bonchev–Trinajstić information content (AvgIpc) is 2.37. The van der Waals surface area contributed by atoms with E-state index in [0.29, 0.717) is 0 Å². The van der Waals surface area contributed by atoms with Crippen molar-refractivity contribution in [2.45, 2.75) is 24.6 Å². The standard InChI is InChI=1S/C12H14O3S/c1-3-4-5-10-15-16(13,14)12-8-6-11(2)7-9-12/h1,6-9H,4-5,10H2,2H3/i4D2,5D2,10D2. The second kappa shape index (κ2) is 5.69. The van der Waals surface area contributed by atoms with Gasteiger partial charge in [-0.05, 0) is 25.4 Å². The van der Waals surface area contributed by atoms with Crippen LogP contribution in [-0.2, 0) is 14.3 Å². The van der Waals surface area contributed by atoms with Crippen LogP contribution in [0.2, 0.25) is 0 Å². The van der Waals surface area contributed by atoms with Crippen molar-refractivity contribution >= 4 is 10.1 Å². The molecule has 0 N–H and O–H groups in total. The minimum Gasteiger partial charge on any atom is -0.266 e. The molecule has 0 aliphatic heterocycles. The van der Waals surface area contributed by atoms with Gasteiger partial charge in [0, 0.05) is 11.9 Å². The quantitative estimate of drug-likeness (QED) is 0.588. The summed E-state index contributed by atoms with van der Waals surface area (Å²) in [5.41, 5.74) is 0.765. The molecule has 0 heterocycles. The lowest BCUT2D eigenvalue weighted by molar-refractivity contribution is 0.314. The van der Waals surface area contributed by atoms with Crippen LogP contribution < -0.4 is 0 Å². The number of aryl methyl sites for hydroxylation is 1. The lowest BCUT2D eigenvalue weighted by Crippen LogP contribution is -2.07. The van der Waals surface area contributed by atoms with Gasteiger partial charge >= 0.3 is 0 Å². The van der Waals surface area contributed by atoms with E-state index in [1.165, 1.54) is 30.2 Å². The van der Waals surface area contributed by atoms with Crippen molar-refractivity contribution in [2.24, 2.45) is 0 Å². The minimum absolute atomic E-state index is 0.376. The highest BCUT2D eigenvalue weighted by atomic mass is 32.2. The van der Waals surface area contributed by atoms with Crippen LogP contribution in [0.3, 0.4) is 0 Å². The molecule has 0 bridgehead atoms. The Hall–Kier alpha value is -1.31. The molecule has 0 amide bonds. The zero-order valence-corrected chi connectivity index (χ0v) is 9.34. The molecule has 0 atom stereocenters. The maximum atomic E-state index is 12.0. The molecule has 1 aromatic carbocycles. The van der Waals surface area contributed by atoms with Crippen LogP contribution in [0.4, 0.5) is 0 Å². The van der Waals surface area contributed by atoms with Crippen molar-refractivity contribution in [1.29, 1.82) is 0 Å². The maximum absolute atomic E-state index is 12.0. The second-order valence-corrected chi connectivity index (χ2v) is 4.39. The molecule has 4 heteroatoms. The lowest BCUT2D eigenvalue weighted by Gasteiger charge is -2.04. The fourth-order valence-corrected chi connectivity index (χ4v) is 1.61. The summed E-state index contributed by atoms with van der Waals surface area (Å²) < 4.78 is 72.9. The van der Waals surface area contributed by atoms with Gasteiger partial charge in [0.15, 0.2) is 0 Å². The van der Waals surface area contributed by atoms with Crippen molar-refractivity contribution in [3.05, 3.63) is 29.8 Å². The summed E-state index contributed by atoms with van der Waals surface area (Å²) >= 11 is 0. The molecule has 0 spiro atoms. The van der Waals surface area contributed by atoms with Gasteiger partial charge in [0.2, 0.25) is 0 Å². The third-order valence-electron chi connectivity index (χ3n) is 1.65. The van der Waals surface area contributed by atoms with Gasteiger partial charge in [-0.25, -0.2) is 0 Å². The van der Waals surface area contributed by atoms with Crippen molar-refractivity contribution in [3.63, 3.8) is 0 Å². The summed E-state index contributed by atoms with van der Waals surface area (Å²) in [4.78, 5) is -0.376. The number of terminal acetylenes is 1. The van der Waals surface area contributed by atoms with Gasteiger partial charge in [0.05, 0.1) is 14.2 Å². The van der Waals surface area contributed by atoms with E-state index in [2.05, 4.69) is 4.18 Å². The van der Waals surface area contributed by atoms with Crippen molar-refractivity contribution in [1.82, 2.24) is 0 Å². The van der Waals surface area contributed by atoms with E-state index in [4.69, 9.17) is 14.6 Å². The van der Waals surface area contributed by atoms with Gasteiger partial charge < -0.3 is 0 Å². The highest BCUT2D eigenvalue weighted by Gasteiger charge is 2.13. The van der Waals surface area contributed by atoms with Gasteiger partial charge in [-0.3, -0.25) is 4.18 Å². The zero-order chi connectivity index (χ0) is 17.4. The molecule has 0 saturated heterocycles. The number of rotatable bonds is 5. The zero-order valence-electron chi connectivity index (χ0n) is 14.5. The molecule has 16 heavy (non-hydrogen) atoms. The first-order chi connectivity index (χ1) is 9.77. The molecular weight excluding hydrogens is 224 g/mol. The topological polar surface area (TPSA) is 43.4 Å². The normalized spacial score (nSPS) is 19.2. The van der Waals surface area contributed by atoms with E-state index >= 15 is 0 Å².